The quantitative estimate of drug-likeness (QED) is 0.694. The summed E-state index contributed by atoms with van der Waals surface area (Å²) in [5.74, 6) is -0.154. The second-order valence-electron chi connectivity index (χ2n) is 5.54. The molecular formula is C21H19NO2. The molecule has 0 saturated carbocycles. The molecule has 0 spiro atoms. The van der Waals surface area contributed by atoms with Gasteiger partial charge in [0, 0.05) is 0 Å². The second kappa shape index (κ2) is 8.09. The molecule has 24 heavy (non-hydrogen) atoms. The summed E-state index contributed by atoms with van der Waals surface area (Å²) < 4.78 is 0. The zero-order chi connectivity index (χ0) is 16.6. The number of hydrogen-bond acceptors (Lipinski definition) is 2. The van der Waals surface area contributed by atoms with E-state index in [1.165, 1.54) is 5.56 Å². The van der Waals surface area contributed by atoms with Crippen molar-refractivity contribution in [2.45, 2.75) is 13.0 Å². The van der Waals surface area contributed by atoms with Crippen LogP contribution in [0, 0.1) is 0 Å². The number of carbonyl (C=O) groups is 1. The maximum absolute atomic E-state index is 11.9. The third kappa shape index (κ3) is 4.54. The Labute approximate surface area is 141 Å². The van der Waals surface area contributed by atoms with Gasteiger partial charge in [-0.25, -0.2) is 5.48 Å². The predicted molar refractivity (Wildman–Crippen MR) is 95.0 cm³/mol. The van der Waals surface area contributed by atoms with E-state index in [0.717, 1.165) is 16.7 Å². The van der Waals surface area contributed by atoms with Gasteiger partial charge in [0.15, 0.2) is 0 Å². The van der Waals surface area contributed by atoms with E-state index in [9.17, 15) is 4.79 Å². The van der Waals surface area contributed by atoms with Gasteiger partial charge in [-0.3, -0.25) is 9.63 Å². The first-order chi connectivity index (χ1) is 11.8. The maximum atomic E-state index is 11.9. The molecule has 1 N–H and O–H groups in total. The van der Waals surface area contributed by atoms with Crippen LogP contribution < -0.4 is 5.48 Å². The molecule has 0 bridgehead atoms. The molecule has 0 atom stereocenters. The standard InChI is InChI=1S/C21H19NO2/c23-21(22-24-16-18-7-3-1-4-8-18)15-17-11-13-20(14-12-17)19-9-5-2-6-10-19/h1-14H,15-16H2,(H,22,23). The Morgan fingerprint density at radius 3 is 1.96 bits per heavy atom. The van der Waals surface area contributed by atoms with E-state index in [2.05, 4.69) is 17.6 Å². The topological polar surface area (TPSA) is 38.3 Å². The summed E-state index contributed by atoms with van der Waals surface area (Å²) in [4.78, 5) is 17.2. The molecule has 0 aliphatic heterocycles. The first kappa shape index (κ1) is 16.0. The third-order valence-electron chi connectivity index (χ3n) is 3.69. The Hall–Kier alpha value is -2.91. The average Bonchev–Trinajstić information content (AvgIpc) is 2.64. The van der Waals surface area contributed by atoms with Crippen LogP contribution in [0.25, 0.3) is 11.1 Å². The summed E-state index contributed by atoms with van der Waals surface area (Å²) >= 11 is 0. The molecule has 3 aromatic rings. The molecule has 0 unspecified atom stereocenters. The molecule has 0 aromatic heterocycles. The highest BCUT2D eigenvalue weighted by molar-refractivity contribution is 5.77. The van der Waals surface area contributed by atoms with Crippen LogP contribution in [-0.4, -0.2) is 5.91 Å². The maximum Gasteiger partial charge on any atom is 0.247 e. The fourth-order valence-corrected chi connectivity index (χ4v) is 2.44. The van der Waals surface area contributed by atoms with Crippen LogP contribution in [0.2, 0.25) is 0 Å². The van der Waals surface area contributed by atoms with Crippen molar-refractivity contribution in [3.05, 3.63) is 96.1 Å². The lowest BCUT2D eigenvalue weighted by atomic mass is 10.0. The highest BCUT2D eigenvalue weighted by Crippen LogP contribution is 2.19. The van der Waals surface area contributed by atoms with Crippen molar-refractivity contribution in [2.75, 3.05) is 0 Å². The molecule has 0 radical (unpaired) electrons. The van der Waals surface area contributed by atoms with E-state index in [4.69, 9.17) is 4.84 Å². The van der Waals surface area contributed by atoms with Gasteiger partial charge >= 0.3 is 0 Å². The van der Waals surface area contributed by atoms with E-state index in [-0.39, 0.29) is 5.91 Å². The minimum absolute atomic E-state index is 0.154. The zero-order valence-electron chi connectivity index (χ0n) is 13.3. The molecule has 3 heteroatoms. The molecule has 3 aromatic carbocycles. The smallest absolute Gasteiger partial charge is 0.247 e. The van der Waals surface area contributed by atoms with Crippen LogP contribution in [0.4, 0.5) is 0 Å². The number of amides is 1. The van der Waals surface area contributed by atoms with Crippen molar-refractivity contribution < 1.29 is 9.63 Å². The van der Waals surface area contributed by atoms with Gasteiger partial charge in [-0.15, -0.1) is 0 Å². The van der Waals surface area contributed by atoms with Crippen LogP contribution in [-0.2, 0) is 22.7 Å². The van der Waals surface area contributed by atoms with Crippen molar-refractivity contribution >= 4 is 5.91 Å². The van der Waals surface area contributed by atoms with Crippen molar-refractivity contribution in [3.8, 4) is 11.1 Å². The van der Waals surface area contributed by atoms with Gasteiger partial charge in [-0.05, 0) is 22.3 Å². The summed E-state index contributed by atoms with van der Waals surface area (Å²) in [6.07, 6.45) is 0.295. The summed E-state index contributed by atoms with van der Waals surface area (Å²) in [7, 11) is 0. The number of carbonyl (C=O) groups excluding carboxylic acids is 1. The second-order valence-corrected chi connectivity index (χ2v) is 5.54. The van der Waals surface area contributed by atoms with Crippen molar-refractivity contribution in [1.29, 1.82) is 0 Å². The Morgan fingerprint density at radius 1 is 0.708 bits per heavy atom. The van der Waals surface area contributed by atoms with Gasteiger partial charge in [-0.1, -0.05) is 84.9 Å². The minimum Gasteiger partial charge on any atom is -0.272 e. The van der Waals surface area contributed by atoms with Crippen molar-refractivity contribution in [3.63, 3.8) is 0 Å². The Bertz CT molecular complexity index is 768. The lowest BCUT2D eigenvalue weighted by Crippen LogP contribution is -2.25. The van der Waals surface area contributed by atoms with Crippen LogP contribution in [0.1, 0.15) is 11.1 Å². The van der Waals surface area contributed by atoms with E-state index < -0.39 is 0 Å². The highest BCUT2D eigenvalue weighted by atomic mass is 16.6. The molecule has 0 saturated heterocycles. The molecular weight excluding hydrogens is 298 g/mol. The van der Waals surface area contributed by atoms with Gasteiger partial charge < -0.3 is 0 Å². The van der Waals surface area contributed by atoms with Crippen molar-refractivity contribution in [1.82, 2.24) is 5.48 Å². The van der Waals surface area contributed by atoms with Gasteiger partial charge in [0.2, 0.25) is 5.91 Å². The summed E-state index contributed by atoms with van der Waals surface area (Å²) in [5, 5.41) is 0. The Kier molecular flexibility index (Phi) is 5.38. The van der Waals surface area contributed by atoms with Crippen LogP contribution in [0.5, 0.6) is 0 Å². The van der Waals surface area contributed by atoms with Gasteiger partial charge in [0.05, 0.1) is 13.0 Å². The number of rotatable bonds is 6. The predicted octanol–water partition coefficient (Wildman–Crippen LogP) is 4.14. The van der Waals surface area contributed by atoms with Crippen LogP contribution >= 0.6 is 0 Å². The number of hydrogen-bond donors (Lipinski definition) is 1. The molecule has 3 rings (SSSR count). The van der Waals surface area contributed by atoms with Crippen LogP contribution in [0.15, 0.2) is 84.9 Å². The molecule has 0 heterocycles. The first-order valence-corrected chi connectivity index (χ1v) is 7.90. The lowest BCUT2D eigenvalue weighted by molar-refractivity contribution is -0.133. The van der Waals surface area contributed by atoms with E-state index in [1.54, 1.807) is 0 Å². The van der Waals surface area contributed by atoms with E-state index in [1.807, 2.05) is 72.8 Å². The minimum atomic E-state index is -0.154. The molecule has 0 fully saturated rings. The molecule has 1 amide bonds. The zero-order valence-corrected chi connectivity index (χ0v) is 13.3. The van der Waals surface area contributed by atoms with E-state index >= 15 is 0 Å². The Morgan fingerprint density at radius 2 is 1.29 bits per heavy atom. The molecule has 0 aliphatic carbocycles. The fraction of sp³-hybridized carbons (Fsp3) is 0.0952. The molecule has 0 aliphatic rings. The number of nitrogens with one attached hydrogen (secondary N) is 1. The summed E-state index contributed by atoms with van der Waals surface area (Å²) in [6.45, 7) is 0.361. The first-order valence-electron chi connectivity index (χ1n) is 7.90. The van der Waals surface area contributed by atoms with Gasteiger partial charge in [0.1, 0.15) is 0 Å². The Balaban J connectivity index is 1.49. The highest BCUT2D eigenvalue weighted by Gasteiger charge is 2.04. The van der Waals surface area contributed by atoms with Crippen molar-refractivity contribution in [2.24, 2.45) is 0 Å². The summed E-state index contributed by atoms with van der Waals surface area (Å²) in [6, 6.07) is 27.9. The monoisotopic (exact) mass is 317 g/mol. The third-order valence-corrected chi connectivity index (χ3v) is 3.69. The van der Waals surface area contributed by atoms with Gasteiger partial charge in [-0.2, -0.15) is 0 Å². The van der Waals surface area contributed by atoms with Crippen LogP contribution in [0.3, 0.4) is 0 Å². The largest absolute Gasteiger partial charge is 0.272 e. The number of benzene rings is 3. The molecule has 3 nitrogen and oxygen atoms in total. The fourth-order valence-electron chi connectivity index (χ4n) is 2.44. The SMILES string of the molecule is O=C(Cc1ccc(-c2ccccc2)cc1)NOCc1ccccc1. The number of hydroxylamine groups is 1. The lowest BCUT2D eigenvalue weighted by Gasteiger charge is -2.07. The molecule has 120 valence electrons. The summed E-state index contributed by atoms with van der Waals surface area (Å²) in [5.41, 5.74) is 6.77. The van der Waals surface area contributed by atoms with Gasteiger partial charge in [0.25, 0.3) is 0 Å². The average molecular weight is 317 g/mol. The normalized spacial score (nSPS) is 10.3. The van der Waals surface area contributed by atoms with E-state index in [0.29, 0.717) is 13.0 Å².